The van der Waals surface area contributed by atoms with Gasteiger partial charge in [0.1, 0.15) is 5.82 Å². The average molecular weight is 316 g/mol. The zero-order chi connectivity index (χ0) is 15.7. The van der Waals surface area contributed by atoms with Gasteiger partial charge in [0.2, 0.25) is 10.0 Å². The lowest BCUT2D eigenvalue weighted by molar-refractivity contribution is -0.200. The Hall–Kier alpha value is -1.39. The molecule has 0 saturated carbocycles. The second-order valence-corrected chi connectivity index (χ2v) is 5.77. The highest BCUT2D eigenvalue weighted by molar-refractivity contribution is 7.89. The van der Waals surface area contributed by atoms with Gasteiger partial charge in [-0.1, -0.05) is 0 Å². The fourth-order valence-corrected chi connectivity index (χ4v) is 2.66. The number of aliphatic hydroxyl groups excluding tert-OH is 1. The lowest BCUT2D eigenvalue weighted by Gasteiger charge is -2.16. The standard InChI is InChI=1S/C10H12F4N2O3S/c1-5-7(11)2-6(15)3-8(5)20(18,19)16-4-9(17)10(12,13)14/h2-3,9,16-17H,4,15H2,1H3. The summed E-state index contributed by atoms with van der Waals surface area (Å²) >= 11 is 0. The number of nitrogens with one attached hydrogen (secondary N) is 1. The predicted octanol–water partition coefficient (Wildman–Crippen LogP) is 0.918. The molecule has 10 heteroatoms. The Balaban J connectivity index is 3.02. The molecule has 0 fully saturated rings. The summed E-state index contributed by atoms with van der Waals surface area (Å²) in [6.07, 6.45) is -7.82. The number of benzene rings is 1. The van der Waals surface area contributed by atoms with Crippen LogP contribution in [0.15, 0.2) is 17.0 Å². The van der Waals surface area contributed by atoms with Crippen molar-refractivity contribution in [3.8, 4) is 0 Å². The van der Waals surface area contributed by atoms with Gasteiger partial charge >= 0.3 is 6.18 Å². The molecule has 1 atom stereocenters. The molecule has 0 amide bonds. The van der Waals surface area contributed by atoms with E-state index in [9.17, 15) is 26.0 Å². The zero-order valence-corrected chi connectivity index (χ0v) is 11.0. The third-order valence-corrected chi connectivity index (χ3v) is 4.00. The van der Waals surface area contributed by atoms with Crippen LogP contribution in [0.5, 0.6) is 0 Å². The third-order valence-electron chi connectivity index (χ3n) is 2.45. The Morgan fingerprint density at radius 3 is 2.45 bits per heavy atom. The van der Waals surface area contributed by atoms with E-state index in [0.29, 0.717) is 0 Å². The fourth-order valence-electron chi connectivity index (χ4n) is 1.33. The second-order valence-electron chi connectivity index (χ2n) is 4.04. The molecule has 0 aliphatic carbocycles. The van der Waals surface area contributed by atoms with Crippen LogP contribution in [0.25, 0.3) is 0 Å². The van der Waals surface area contributed by atoms with E-state index in [1.807, 2.05) is 0 Å². The van der Waals surface area contributed by atoms with Crippen LogP contribution in [0.1, 0.15) is 5.56 Å². The van der Waals surface area contributed by atoms with Gasteiger partial charge in [-0.15, -0.1) is 0 Å². The summed E-state index contributed by atoms with van der Waals surface area (Å²) in [6.45, 7) is -0.134. The highest BCUT2D eigenvalue weighted by Crippen LogP contribution is 2.23. The van der Waals surface area contributed by atoms with Crippen molar-refractivity contribution in [2.45, 2.75) is 24.1 Å². The van der Waals surface area contributed by atoms with Gasteiger partial charge in [0, 0.05) is 17.8 Å². The van der Waals surface area contributed by atoms with Gasteiger partial charge in [0.25, 0.3) is 0 Å². The maximum absolute atomic E-state index is 13.4. The number of sulfonamides is 1. The van der Waals surface area contributed by atoms with Crippen molar-refractivity contribution in [3.05, 3.63) is 23.5 Å². The van der Waals surface area contributed by atoms with Crippen LogP contribution in [0.3, 0.4) is 0 Å². The van der Waals surface area contributed by atoms with Gasteiger partial charge in [-0.05, 0) is 19.1 Å². The van der Waals surface area contributed by atoms with Gasteiger partial charge in [0.05, 0.1) is 4.90 Å². The van der Waals surface area contributed by atoms with E-state index in [4.69, 9.17) is 10.8 Å². The van der Waals surface area contributed by atoms with Crippen molar-refractivity contribution in [2.24, 2.45) is 0 Å². The van der Waals surface area contributed by atoms with Crippen LogP contribution in [-0.4, -0.2) is 32.3 Å². The van der Waals surface area contributed by atoms with Crippen LogP contribution in [0, 0.1) is 12.7 Å². The van der Waals surface area contributed by atoms with E-state index >= 15 is 0 Å². The first kappa shape index (κ1) is 16.7. The van der Waals surface area contributed by atoms with E-state index in [-0.39, 0.29) is 11.3 Å². The molecule has 0 aromatic heterocycles. The van der Waals surface area contributed by atoms with Crippen molar-refractivity contribution in [3.63, 3.8) is 0 Å². The van der Waals surface area contributed by atoms with E-state index < -0.39 is 39.6 Å². The number of rotatable bonds is 4. The molecule has 4 N–H and O–H groups in total. The molecule has 0 bridgehead atoms. The summed E-state index contributed by atoms with van der Waals surface area (Å²) in [5.74, 6) is -0.901. The number of nitrogens with two attached hydrogens (primary N) is 1. The number of halogens is 4. The molecule has 0 saturated heterocycles. The number of anilines is 1. The molecular weight excluding hydrogens is 304 g/mol. The average Bonchev–Trinajstić information content (AvgIpc) is 2.29. The fraction of sp³-hybridized carbons (Fsp3) is 0.400. The summed E-state index contributed by atoms with van der Waals surface area (Å²) < 4.78 is 74.7. The maximum atomic E-state index is 13.4. The van der Waals surface area contributed by atoms with E-state index in [1.54, 1.807) is 4.72 Å². The summed E-state index contributed by atoms with van der Waals surface area (Å²) in [6, 6.07) is 1.81. The normalized spacial score (nSPS) is 14.3. The first-order valence-electron chi connectivity index (χ1n) is 5.25. The number of aliphatic hydroxyl groups is 1. The van der Waals surface area contributed by atoms with Crippen molar-refractivity contribution in [1.29, 1.82) is 0 Å². The van der Waals surface area contributed by atoms with Gasteiger partial charge in [0.15, 0.2) is 6.10 Å². The Morgan fingerprint density at radius 2 is 1.95 bits per heavy atom. The SMILES string of the molecule is Cc1c(F)cc(N)cc1S(=O)(=O)NCC(O)C(F)(F)F. The van der Waals surface area contributed by atoms with Crippen LogP contribution in [0.4, 0.5) is 23.2 Å². The minimum absolute atomic E-state index is 0.190. The largest absolute Gasteiger partial charge is 0.415 e. The Labute approximate surface area is 112 Å². The van der Waals surface area contributed by atoms with Gasteiger partial charge in [-0.25, -0.2) is 17.5 Å². The minimum atomic E-state index is -4.96. The molecular formula is C10H12F4N2O3S. The van der Waals surface area contributed by atoms with E-state index in [2.05, 4.69) is 0 Å². The molecule has 1 rings (SSSR count). The Kier molecular flexibility index (Phi) is 4.62. The quantitative estimate of drug-likeness (QED) is 0.569. The van der Waals surface area contributed by atoms with Crippen LogP contribution >= 0.6 is 0 Å². The number of hydrogen-bond donors (Lipinski definition) is 3. The topological polar surface area (TPSA) is 92.4 Å². The predicted molar refractivity (Wildman–Crippen MR) is 62.8 cm³/mol. The van der Waals surface area contributed by atoms with Gasteiger partial charge in [-0.2, -0.15) is 13.2 Å². The molecule has 0 heterocycles. The van der Waals surface area contributed by atoms with Gasteiger partial charge < -0.3 is 10.8 Å². The van der Waals surface area contributed by atoms with Crippen molar-refractivity contribution in [2.75, 3.05) is 12.3 Å². The number of alkyl halides is 3. The lowest BCUT2D eigenvalue weighted by Crippen LogP contribution is -2.40. The molecule has 20 heavy (non-hydrogen) atoms. The Bertz CT molecular complexity index is 601. The summed E-state index contributed by atoms with van der Waals surface area (Å²) in [7, 11) is -4.42. The maximum Gasteiger partial charge on any atom is 0.415 e. The second kappa shape index (κ2) is 5.54. The summed E-state index contributed by atoms with van der Waals surface area (Å²) in [5.41, 5.74) is 4.81. The third kappa shape index (κ3) is 3.81. The first-order valence-corrected chi connectivity index (χ1v) is 6.73. The van der Waals surface area contributed by atoms with Crippen LogP contribution < -0.4 is 10.5 Å². The van der Waals surface area contributed by atoms with Crippen LogP contribution in [-0.2, 0) is 10.0 Å². The Morgan fingerprint density at radius 1 is 1.40 bits per heavy atom. The molecule has 114 valence electrons. The zero-order valence-electron chi connectivity index (χ0n) is 10.2. The highest BCUT2D eigenvalue weighted by Gasteiger charge is 2.38. The molecule has 0 aliphatic heterocycles. The number of nitrogen functional groups attached to an aromatic ring is 1. The lowest BCUT2D eigenvalue weighted by atomic mass is 10.2. The smallest absolute Gasteiger partial charge is 0.399 e. The van der Waals surface area contributed by atoms with E-state index in [1.165, 1.54) is 0 Å². The van der Waals surface area contributed by atoms with Crippen molar-refractivity contribution < 1.29 is 31.1 Å². The highest BCUT2D eigenvalue weighted by atomic mass is 32.2. The van der Waals surface area contributed by atoms with Crippen molar-refractivity contribution >= 4 is 15.7 Å². The van der Waals surface area contributed by atoms with E-state index in [0.717, 1.165) is 19.1 Å². The minimum Gasteiger partial charge on any atom is -0.399 e. The molecule has 1 aromatic rings. The monoisotopic (exact) mass is 316 g/mol. The molecule has 1 aromatic carbocycles. The summed E-state index contributed by atoms with van der Waals surface area (Å²) in [5, 5.41) is 8.72. The molecule has 0 radical (unpaired) electrons. The number of hydrogen-bond acceptors (Lipinski definition) is 4. The van der Waals surface area contributed by atoms with Crippen molar-refractivity contribution in [1.82, 2.24) is 4.72 Å². The summed E-state index contributed by atoms with van der Waals surface area (Å²) in [4.78, 5) is -0.579. The molecule has 5 nitrogen and oxygen atoms in total. The molecule has 1 unspecified atom stereocenters. The first-order chi connectivity index (χ1) is 8.95. The van der Waals surface area contributed by atoms with Gasteiger partial charge in [-0.3, -0.25) is 0 Å². The van der Waals surface area contributed by atoms with Crippen LogP contribution in [0.2, 0.25) is 0 Å². The molecule has 0 spiro atoms. The molecule has 0 aliphatic rings.